The predicted octanol–water partition coefficient (Wildman–Crippen LogP) is 2.34. The Hall–Kier alpha value is -3.63. The lowest BCUT2D eigenvalue weighted by atomic mass is 10.1. The Morgan fingerprint density at radius 3 is 1.64 bits per heavy atom. The molecule has 0 unspecified atom stereocenters. The second kappa shape index (κ2) is 6.22. The van der Waals surface area contributed by atoms with Crippen LogP contribution in [0.3, 0.4) is 0 Å². The Labute approximate surface area is 159 Å². The van der Waals surface area contributed by atoms with Gasteiger partial charge in [0.1, 0.15) is 23.7 Å². The summed E-state index contributed by atoms with van der Waals surface area (Å²) in [5, 5.41) is 0. The molecule has 4 aromatic heterocycles. The van der Waals surface area contributed by atoms with Crippen molar-refractivity contribution in [1.82, 2.24) is 39.9 Å². The number of imidazole rings is 2. The van der Waals surface area contributed by atoms with Crippen molar-refractivity contribution in [2.24, 2.45) is 0 Å². The van der Waals surface area contributed by atoms with Gasteiger partial charge in [0, 0.05) is 0 Å². The van der Waals surface area contributed by atoms with E-state index < -0.39 is 17.4 Å². The van der Waals surface area contributed by atoms with Gasteiger partial charge >= 0.3 is 6.16 Å². The molecule has 0 aliphatic heterocycles. The second-order valence-corrected chi connectivity index (χ2v) is 7.17. The first-order chi connectivity index (χ1) is 13.2. The van der Waals surface area contributed by atoms with Crippen LogP contribution in [0.4, 0.5) is 4.79 Å². The van der Waals surface area contributed by atoms with E-state index in [1.807, 2.05) is 0 Å². The van der Waals surface area contributed by atoms with Crippen molar-refractivity contribution in [2.75, 3.05) is 0 Å². The Morgan fingerprint density at radius 2 is 1.25 bits per heavy atom. The van der Waals surface area contributed by atoms with Crippen LogP contribution >= 0.6 is 0 Å². The van der Waals surface area contributed by atoms with Crippen LogP contribution in [0.2, 0.25) is 0 Å². The average Bonchev–Trinajstić information content (AvgIpc) is 3.25. The number of ether oxygens (including phenoxy) is 2. The largest absolute Gasteiger partial charge is 0.510 e. The zero-order chi connectivity index (χ0) is 19.9. The minimum absolute atomic E-state index is 0.428. The molecule has 0 bridgehead atoms. The fourth-order valence-corrected chi connectivity index (χ4v) is 2.63. The Morgan fingerprint density at radius 1 is 0.821 bits per heavy atom. The maximum atomic E-state index is 12.5. The number of aromatic amines is 2. The summed E-state index contributed by atoms with van der Waals surface area (Å²) >= 11 is 0. The van der Waals surface area contributed by atoms with Crippen LogP contribution < -0.4 is 0 Å². The highest BCUT2D eigenvalue weighted by molar-refractivity contribution is 5.70. The molecule has 0 saturated carbocycles. The van der Waals surface area contributed by atoms with Gasteiger partial charge in [-0.1, -0.05) is 0 Å². The number of aromatic nitrogens is 8. The van der Waals surface area contributed by atoms with E-state index in [4.69, 9.17) is 9.47 Å². The summed E-state index contributed by atoms with van der Waals surface area (Å²) in [6.45, 7) is 6.79. The van der Waals surface area contributed by atoms with E-state index in [-0.39, 0.29) is 0 Å². The number of hydrogen-bond acceptors (Lipinski definition) is 9. The molecule has 4 heterocycles. The van der Waals surface area contributed by atoms with Crippen LogP contribution in [0.1, 0.15) is 39.3 Å². The maximum absolute atomic E-state index is 12.5. The monoisotopic (exact) mass is 382 g/mol. The van der Waals surface area contributed by atoms with Crippen molar-refractivity contribution in [3.63, 3.8) is 0 Å². The average molecular weight is 382 g/mol. The van der Waals surface area contributed by atoms with Gasteiger partial charge in [-0.3, -0.25) is 0 Å². The van der Waals surface area contributed by atoms with E-state index in [1.165, 1.54) is 12.7 Å². The highest BCUT2D eigenvalue weighted by Gasteiger charge is 2.35. The fourth-order valence-electron chi connectivity index (χ4n) is 2.63. The molecule has 0 saturated heterocycles. The molecule has 2 N–H and O–H groups in total. The van der Waals surface area contributed by atoms with Gasteiger partial charge in [-0.05, 0) is 27.7 Å². The predicted molar refractivity (Wildman–Crippen MR) is 97.0 cm³/mol. The molecule has 11 nitrogen and oxygen atoms in total. The van der Waals surface area contributed by atoms with E-state index in [2.05, 4.69) is 39.9 Å². The summed E-state index contributed by atoms with van der Waals surface area (Å²) in [5.41, 5.74) is 0.107. The highest BCUT2D eigenvalue weighted by atomic mass is 16.7. The molecule has 0 aliphatic rings. The number of fused-ring (bicyclic) bond motifs is 2. The first-order valence-electron chi connectivity index (χ1n) is 8.49. The zero-order valence-electron chi connectivity index (χ0n) is 15.7. The number of H-pyrrole nitrogens is 2. The highest BCUT2D eigenvalue weighted by Crippen LogP contribution is 2.28. The Bertz CT molecular complexity index is 1010. The van der Waals surface area contributed by atoms with Crippen LogP contribution in [-0.4, -0.2) is 46.0 Å². The molecular weight excluding hydrogens is 364 g/mol. The number of nitrogens with one attached hydrogen (secondary N) is 2. The SMILES string of the molecule is CC(C)(OC(=O)OC(C)(C)c1nc2ncncc2[nH]1)c1nc2ncncc2[nH]1. The smallest absolute Gasteiger partial charge is 0.420 e. The van der Waals surface area contributed by atoms with Crippen LogP contribution in [0.25, 0.3) is 22.3 Å². The van der Waals surface area contributed by atoms with Crippen molar-refractivity contribution >= 4 is 28.5 Å². The van der Waals surface area contributed by atoms with Gasteiger partial charge in [0.2, 0.25) is 0 Å². The van der Waals surface area contributed by atoms with Crippen LogP contribution in [0.5, 0.6) is 0 Å². The normalized spacial score (nSPS) is 12.4. The van der Waals surface area contributed by atoms with Crippen LogP contribution in [-0.2, 0) is 20.7 Å². The van der Waals surface area contributed by atoms with Gasteiger partial charge < -0.3 is 19.4 Å². The minimum atomic E-state index is -1.08. The van der Waals surface area contributed by atoms with Gasteiger partial charge in [-0.2, -0.15) is 0 Å². The third-order valence-corrected chi connectivity index (χ3v) is 4.14. The summed E-state index contributed by atoms with van der Waals surface area (Å²) < 4.78 is 11.0. The lowest BCUT2D eigenvalue weighted by Crippen LogP contribution is -2.33. The van der Waals surface area contributed by atoms with Crippen molar-refractivity contribution in [1.29, 1.82) is 0 Å². The molecule has 0 aromatic carbocycles. The molecule has 0 atom stereocenters. The lowest BCUT2D eigenvalue weighted by molar-refractivity contribution is -0.0681. The molecule has 4 aromatic rings. The lowest BCUT2D eigenvalue weighted by Gasteiger charge is -2.27. The van der Waals surface area contributed by atoms with Crippen molar-refractivity contribution in [3.8, 4) is 0 Å². The van der Waals surface area contributed by atoms with Gasteiger partial charge in [0.15, 0.2) is 34.1 Å². The summed E-state index contributed by atoms with van der Waals surface area (Å²) in [7, 11) is 0. The third-order valence-electron chi connectivity index (χ3n) is 4.14. The van der Waals surface area contributed by atoms with E-state index >= 15 is 0 Å². The van der Waals surface area contributed by atoms with E-state index in [0.29, 0.717) is 34.0 Å². The van der Waals surface area contributed by atoms with Gasteiger partial charge in [0.05, 0.1) is 12.4 Å². The molecular formula is C17H18N8O3. The van der Waals surface area contributed by atoms with Crippen molar-refractivity contribution in [3.05, 3.63) is 36.7 Å². The molecule has 0 amide bonds. The summed E-state index contributed by atoms with van der Waals surface area (Å²) in [5.74, 6) is 0.855. The minimum Gasteiger partial charge on any atom is -0.420 e. The van der Waals surface area contributed by atoms with Crippen LogP contribution in [0, 0.1) is 0 Å². The van der Waals surface area contributed by atoms with Crippen LogP contribution in [0.15, 0.2) is 25.0 Å². The van der Waals surface area contributed by atoms with Gasteiger partial charge in [0.25, 0.3) is 0 Å². The van der Waals surface area contributed by atoms with E-state index in [9.17, 15) is 4.79 Å². The number of carbonyl (C=O) groups excluding carboxylic acids is 1. The Balaban J connectivity index is 1.52. The van der Waals surface area contributed by atoms with Crippen molar-refractivity contribution in [2.45, 2.75) is 38.9 Å². The number of nitrogens with zero attached hydrogens (tertiary/aromatic N) is 6. The third kappa shape index (κ3) is 3.21. The summed E-state index contributed by atoms with van der Waals surface area (Å²) in [6.07, 6.45) is 5.12. The maximum Gasteiger partial charge on any atom is 0.510 e. The molecule has 0 spiro atoms. The first-order valence-corrected chi connectivity index (χ1v) is 8.49. The first kappa shape index (κ1) is 17.8. The topological polar surface area (TPSA) is 144 Å². The number of hydrogen-bond donors (Lipinski definition) is 2. The Kier molecular flexibility index (Phi) is 3.95. The number of rotatable bonds is 4. The van der Waals surface area contributed by atoms with Gasteiger partial charge in [-0.25, -0.2) is 34.7 Å². The van der Waals surface area contributed by atoms with Crippen molar-refractivity contribution < 1.29 is 14.3 Å². The number of carbonyl (C=O) groups is 1. The molecule has 0 radical (unpaired) electrons. The van der Waals surface area contributed by atoms with Gasteiger partial charge in [-0.15, -0.1) is 0 Å². The molecule has 11 heteroatoms. The molecule has 4 rings (SSSR count). The molecule has 28 heavy (non-hydrogen) atoms. The molecule has 0 aliphatic carbocycles. The molecule has 0 fully saturated rings. The molecule has 144 valence electrons. The van der Waals surface area contributed by atoms with E-state index in [0.717, 1.165) is 0 Å². The zero-order valence-corrected chi connectivity index (χ0v) is 15.7. The second-order valence-electron chi connectivity index (χ2n) is 7.17. The quantitative estimate of drug-likeness (QED) is 0.508. The van der Waals surface area contributed by atoms with E-state index in [1.54, 1.807) is 40.1 Å². The standard InChI is InChI=1S/C17H18N8O3/c1-16(2,13-22-9-5-18-7-20-11(9)24-13)27-15(26)28-17(3,4)14-23-10-6-19-8-21-12(10)25-14/h5-8H,1-4H3,(H,18,20,22,24)(H,19,21,23,25). The summed E-state index contributed by atoms with van der Waals surface area (Å²) in [4.78, 5) is 43.3. The fraction of sp³-hybridized carbons (Fsp3) is 0.353. The summed E-state index contributed by atoms with van der Waals surface area (Å²) in [6, 6.07) is 0.